The van der Waals surface area contributed by atoms with E-state index in [0.717, 1.165) is 42.6 Å². The number of hydrogen-bond donors (Lipinski definition) is 3. The Kier molecular flexibility index (Phi) is 5.37. The van der Waals surface area contributed by atoms with Crippen LogP contribution in [0.3, 0.4) is 0 Å². The van der Waals surface area contributed by atoms with Gasteiger partial charge in [-0.25, -0.2) is 0 Å². The lowest BCUT2D eigenvalue weighted by Gasteiger charge is -2.32. The Bertz CT molecular complexity index is 677. The van der Waals surface area contributed by atoms with E-state index in [1.54, 1.807) is 0 Å². The molecule has 0 radical (unpaired) electrons. The van der Waals surface area contributed by atoms with E-state index in [2.05, 4.69) is 9.88 Å². The smallest absolute Gasteiger partial charge is 0.217 e. The number of aliphatic hydroxyl groups is 1. The van der Waals surface area contributed by atoms with E-state index in [0.29, 0.717) is 18.9 Å². The molecule has 0 aliphatic carbocycles. The van der Waals surface area contributed by atoms with Crippen LogP contribution >= 0.6 is 0 Å². The van der Waals surface area contributed by atoms with E-state index in [1.165, 1.54) is 0 Å². The molecule has 1 atom stereocenters. The first-order chi connectivity index (χ1) is 11.6. The van der Waals surface area contributed by atoms with Crippen LogP contribution < -0.4 is 10.5 Å². The van der Waals surface area contributed by atoms with Crippen LogP contribution in [0, 0.1) is 5.92 Å². The van der Waals surface area contributed by atoms with Crippen molar-refractivity contribution in [2.45, 2.75) is 25.4 Å². The molecule has 1 saturated heterocycles. The molecule has 1 aliphatic rings. The number of primary amides is 1. The van der Waals surface area contributed by atoms with Crippen molar-refractivity contribution in [2.24, 2.45) is 11.7 Å². The number of nitrogens with zero attached hydrogens (tertiary/aromatic N) is 1. The van der Waals surface area contributed by atoms with Crippen molar-refractivity contribution in [2.75, 3.05) is 26.2 Å². The van der Waals surface area contributed by atoms with E-state index < -0.39 is 6.10 Å². The number of likely N-dealkylation sites (tertiary alicyclic amines) is 1. The number of aromatic nitrogens is 1. The topological polar surface area (TPSA) is 91.6 Å². The molecule has 24 heavy (non-hydrogen) atoms. The summed E-state index contributed by atoms with van der Waals surface area (Å²) in [6.07, 6.45) is 3.73. The molecular weight excluding hydrogens is 306 g/mol. The van der Waals surface area contributed by atoms with E-state index in [4.69, 9.17) is 10.5 Å². The maximum atomic E-state index is 11.0. The van der Waals surface area contributed by atoms with E-state index in [1.807, 2.05) is 30.5 Å². The standard InChI is InChI=1S/C18H25N3O3/c19-18(23)10-13-5-8-21(9-6-13)11-14(22)12-24-17-3-1-2-16-15(17)4-7-20-16/h1-4,7,13-14,20,22H,5-6,8-12H2,(H2,19,23). The lowest BCUT2D eigenvalue weighted by molar-refractivity contribution is -0.119. The number of carbonyl (C=O) groups excluding carboxylic acids is 1. The summed E-state index contributed by atoms with van der Waals surface area (Å²) in [6, 6.07) is 7.82. The van der Waals surface area contributed by atoms with E-state index >= 15 is 0 Å². The summed E-state index contributed by atoms with van der Waals surface area (Å²) < 4.78 is 5.80. The molecule has 2 heterocycles. The van der Waals surface area contributed by atoms with Crippen molar-refractivity contribution in [3.8, 4) is 5.75 Å². The maximum absolute atomic E-state index is 11.0. The first-order valence-electron chi connectivity index (χ1n) is 8.49. The summed E-state index contributed by atoms with van der Waals surface area (Å²) >= 11 is 0. The van der Waals surface area contributed by atoms with Gasteiger partial charge in [-0.05, 0) is 50.0 Å². The number of aliphatic hydroxyl groups excluding tert-OH is 1. The number of piperidine rings is 1. The number of benzene rings is 1. The summed E-state index contributed by atoms with van der Waals surface area (Å²) in [5.74, 6) is 0.951. The van der Waals surface area contributed by atoms with Crippen molar-refractivity contribution >= 4 is 16.8 Å². The number of nitrogens with two attached hydrogens (primary N) is 1. The third kappa shape index (κ3) is 4.27. The van der Waals surface area contributed by atoms with Crippen LogP contribution in [0.5, 0.6) is 5.75 Å². The van der Waals surface area contributed by atoms with Gasteiger partial charge in [0.25, 0.3) is 0 Å². The average Bonchev–Trinajstić information content (AvgIpc) is 3.03. The molecule has 0 saturated carbocycles. The molecule has 4 N–H and O–H groups in total. The Morgan fingerprint density at radius 2 is 2.17 bits per heavy atom. The number of aromatic amines is 1. The molecule has 0 bridgehead atoms. The van der Waals surface area contributed by atoms with Gasteiger partial charge in [0, 0.05) is 30.1 Å². The fraction of sp³-hybridized carbons (Fsp3) is 0.500. The number of ether oxygens (including phenoxy) is 1. The van der Waals surface area contributed by atoms with Crippen LogP contribution in [0.4, 0.5) is 0 Å². The lowest BCUT2D eigenvalue weighted by atomic mass is 9.93. The zero-order chi connectivity index (χ0) is 16.9. The highest BCUT2D eigenvalue weighted by molar-refractivity contribution is 5.85. The largest absolute Gasteiger partial charge is 0.490 e. The number of nitrogens with one attached hydrogen (secondary N) is 1. The molecule has 1 unspecified atom stereocenters. The summed E-state index contributed by atoms with van der Waals surface area (Å²) in [4.78, 5) is 16.3. The van der Waals surface area contributed by atoms with Crippen molar-refractivity contribution in [1.29, 1.82) is 0 Å². The third-order valence-corrected chi connectivity index (χ3v) is 4.65. The number of hydrogen-bond acceptors (Lipinski definition) is 4. The summed E-state index contributed by atoms with van der Waals surface area (Å²) in [5, 5.41) is 11.3. The number of amides is 1. The van der Waals surface area contributed by atoms with Gasteiger partial charge < -0.3 is 25.5 Å². The minimum absolute atomic E-state index is 0.221. The fourth-order valence-electron chi connectivity index (χ4n) is 3.38. The highest BCUT2D eigenvalue weighted by Crippen LogP contribution is 2.25. The van der Waals surface area contributed by atoms with Gasteiger partial charge in [0.15, 0.2) is 0 Å². The van der Waals surface area contributed by atoms with Crippen LogP contribution in [-0.4, -0.2) is 53.2 Å². The fourth-order valence-corrected chi connectivity index (χ4v) is 3.38. The quantitative estimate of drug-likeness (QED) is 0.717. The van der Waals surface area contributed by atoms with Crippen LogP contribution in [0.25, 0.3) is 10.9 Å². The normalized spacial score (nSPS) is 17.9. The second kappa shape index (κ2) is 7.68. The van der Waals surface area contributed by atoms with Gasteiger partial charge in [-0.15, -0.1) is 0 Å². The van der Waals surface area contributed by atoms with Crippen LogP contribution in [0.1, 0.15) is 19.3 Å². The van der Waals surface area contributed by atoms with Crippen molar-refractivity contribution in [3.63, 3.8) is 0 Å². The lowest BCUT2D eigenvalue weighted by Crippen LogP contribution is -2.41. The maximum Gasteiger partial charge on any atom is 0.217 e. The second-order valence-corrected chi connectivity index (χ2v) is 6.57. The highest BCUT2D eigenvalue weighted by atomic mass is 16.5. The van der Waals surface area contributed by atoms with Gasteiger partial charge in [0.1, 0.15) is 18.5 Å². The molecule has 1 amide bonds. The highest BCUT2D eigenvalue weighted by Gasteiger charge is 2.22. The number of β-amino-alcohol motifs (C(OH)–C–C–N with tert-alkyl or cyclic N) is 1. The number of H-pyrrole nitrogens is 1. The Labute approximate surface area is 141 Å². The van der Waals surface area contributed by atoms with E-state index in [-0.39, 0.29) is 12.5 Å². The molecule has 1 aliphatic heterocycles. The van der Waals surface area contributed by atoms with Crippen LogP contribution in [-0.2, 0) is 4.79 Å². The van der Waals surface area contributed by atoms with Crippen molar-refractivity contribution in [3.05, 3.63) is 30.5 Å². The van der Waals surface area contributed by atoms with Gasteiger partial charge >= 0.3 is 0 Å². The molecule has 130 valence electrons. The van der Waals surface area contributed by atoms with Gasteiger partial charge in [-0.2, -0.15) is 0 Å². The number of rotatable bonds is 7. The number of fused-ring (bicyclic) bond motifs is 1. The first kappa shape index (κ1) is 16.8. The second-order valence-electron chi connectivity index (χ2n) is 6.57. The molecule has 1 aromatic carbocycles. The molecule has 6 nitrogen and oxygen atoms in total. The zero-order valence-corrected chi connectivity index (χ0v) is 13.8. The minimum atomic E-state index is -0.535. The molecule has 6 heteroatoms. The first-order valence-corrected chi connectivity index (χ1v) is 8.49. The van der Waals surface area contributed by atoms with Crippen LogP contribution in [0.15, 0.2) is 30.5 Å². The molecule has 1 aromatic heterocycles. The Hall–Kier alpha value is -2.05. The molecular formula is C18H25N3O3. The van der Waals surface area contributed by atoms with E-state index in [9.17, 15) is 9.90 Å². The van der Waals surface area contributed by atoms with Crippen LogP contribution in [0.2, 0.25) is 0 Å². The van der Waals surface area contributed by atoms with Crippen molar-refractivity contribution < 1.29 is 14.6 Å². The molecule has 1 fully saturated rings. The Morgan fingerprint density at radius 1 is 1.38 bits per heavy atom. The summed E-state index contributed by atoms with van der Waals surface area (Å²) in [7, 11) is 0. The van der Waals surface area contributed by atoms with Gasteiger partial charge in [0.2, 0.25) is 5.91 Å². The third-order valence-electron chi connectivity index (χ3n) is 4.65. The summed E-state index contributed by atoms with van der Waals surface area (Å²) in [6.45, 7) is 2.64. The van der Waals surface area contributed by atoms with Crippen molar-refractivity contribution in [1.82, 2.24) is 9.88 Å². The van der Waals surface area contributed by atoms with Gasteiger partial charge in [0.05, 0.1) is 0 Å². The Morgan fingerprint density at radius 3 is 2.92 bits per heavy atom. The molecule has 0 spiro atoms. The predicted molar refractivity (Wildman–Crippen MR) is 92.8 cm³/mol. The average molecular weight is 331 g/mol. The SMILES string of the molecule is NC(=O)CC1CCN(CC(O)COc2cccc3[nH]ccc23)CC1. The molecule has 2 aromatic rings. The monoisotopic (exact) mass is 331 g/mol. The Balaban J connectivity index is 1.44. The van der Waals surface area contributed by atoms with Gasteiger partial charge in [-0.3, -0.25) is 4.79 Å². The van der Waals surface area contributed by atoms with Gasteiger partial charge in [-0.1, -0.05) is 6.07 Å². The number of carbonyl (C=O) groups is 1. The minimum Gasteiger partial charge on any atom is -0.490 e. The zero-order valence-electron chi connectivity index (χ0n) is 13.8. The molecule has 3 rings (SSSR count). The summed E-state index contributed by atoms with van der Waals surface area (Å²) in [5.41, 5.74) is 6.28. The predicted octanol–water partition coefficient (Wildman–Crippen LogP) is 1.49.